The van der Waals surface area contributed by atoms with Gasteiger partial charge in [0.2, 0.25) is 5.75 Å². The van der Waals surface area contributed by atoms with Crippen LogP contribution >= 0.6 is 0 Å². The molecule has 0 saturated heterocycles. The molecule has 1 aromatic rings. The molecule has 7 nitrogen and oxygen atoms in total. The van der Waals surface area contributed by atoms with E-state index in [0.29, 0.717) is 0 Å². The fourth-order valence-corrected chi connectivity index (χ4v) is 0.988. The molecule has 1 aromatic heterocycles. The van der Waals surface area contributed by atoms with Crippen molar-refractivity contribution in [1.82, 2.24) is 4.98 Å². The number of hydrogen-bond acceptors (Lipinski definition) is 5. The summed E-state index contributed by atoms with van der Waals surface area (Å²) in [5.74, 6) is -1.85. The number of hydrogen-bond donors (Lipinski definition) is 2. The van der Waals surface area contributed by atoms with Gasteiger partial charge in [-0.05, 0) is 0 Å². The van der Waals surface area contributed by atoms with Crippen LogP contribution < -0.4 is 0 Å². The maximum atomic E-state index is 10.4. The molecular formula is C7H6N2O5. The molecule has 0 aromatic carbocycles. The number of pyridine rings is 1. The van der Waals surface area contributed by atoms with E-state index in [1.807, 2.05) is 0 Å². The van der Waals surface area contributed by atoms with Crippen molar-refractivity contribution in [3.8, 4) is 5.75 Å². The number of aliphatic carboxylic acids is 1. The number of nitro groups is 1. The van der Waals surface area contributed by atoms with Crippen LogP contribution in [0.15, 0.2) is 12.4 Å². The van der Waals surface area contributed by atoms with Gasteiger partial charge in [0.05, 0.1) is 23.1 Å². The zero-order valence-corrected chi connectivity index (χ0v) is 6.88. The van der Waals surface area contributed by atoms with Gasteiger partial charge in [0, 0.05) is 6.20 Å². The molecule has 0 amide bonds. The highest BCUT2D eigenvalue weighted by Gasteiger charge is 2.21. The molecule has 0 atom stereocenters. The molecule has 0 aliphatic carbocycles. The lowest BCUT2D eigenvalue weighted by atomic mass is 10.1. The Balaban J connectivity index is 3.21. The summed E-state index contributed by atoms with van der Waals surface area (Å²) >= 11 is 0. The summed E-state index contributed by atoms with van der Waals surface area (Å²) in [6, 6.07) is 0. The summed E-state index contributed by atoms with van der Waals surface area (Å²) in [7, 11) is 0. The molecule has 0 radical (unpaired) electrons. The Morgan fingerprint density at radius 3 is 2.71 bits per heavy atom. The first-order valence-electron chi connectivity index (χ1n) is 3.54. The average molecular weight is 198 g/mol. The van der Waals surface area contributed by atoms with Crippen LogP contribution in [0.2, 0.25) is 0 Å². The zero-order valence-electron chi connectivity index (χ0n) is 6.88. The quantitative estimate of drug-likeness (QED) is 0.534. The van der Waals surface area contributed by atoms with E-state index < -0.39 is 28.8 Å². The largest absolute Gasteiger partial charge is 0.501 e. The van der Waals surface area contributed by atoms with E-state index in [-0.39, 0.29) is 5.56 Å². The van der Waals surface area contributed by atoms with Crippen LogP contribution in [0.5, 0.6) is 5.75 Å². The molecule has 1 heterocycles. The summed E-state index contributed by atoms with van der Waals surface area (Å²) in [6.07, 6.45) is 1.40. The lowest BCUT2D eigenvalue weighted by molar-refractivity contribution is -0.386. The number of nitrogens with zero attached hydrogens (tertiary/aromatic N) is 2. The number of rotatable bonds is 3. The van der Waals surface area contributed by atoms with Crippen molar-refractivity contribution >= 4 is 11.7 Å². The van der Waals surface area contributed by atoms with Crippen molar-refractivity contribution in [2.75, 3.05) is 0 Å². The number of carbonyl (C=O) groups is 1. The maximum absolute atomic E-state index is 10.4. The molecule has 14 heavy (non-hydrogen) atoms. The van der Waals surface area contributed by atoms with Crippen molar-refractivity contribution in [3.05, 3.63) is 28.1 Å². The topological polar surface area (TPSA) is 114 Å². The first-order chi connectivity index (χ1) is 6.52. The molecule has 7 heteroatoms. The molecule has 1 rings (SSSR count). The highest BCUT2D eigenvalue weighted by Crippen LogP contribution is 2.28. The lowest BCUT2D eigenvalue weighted by Gasteiger charge is -2.00. The van der Waals surface area contributed by atoms with Crippen LogP contribution in [0, 0.1) is 10.1 Å². The fourth-order valence-electron chi connectivity index (χ4n) is 0.988. The molecule has 0 saturated carbocycles. The summed E-state index contributed by atoms with van der Waals surface area (Å²) in [6.45, 7) is 0. The summed E-state index contributed by atoms with van der Waals surface area (Å²) < 4.78 is 0. The van der Waals surface area contributed by atoms with Gasteiger partial charge in [-0.15, -0.1) is 0 Å². The predicted molar refractivity (Wildman–Crippen MR) is 43.9 cm³/mol. The van der Waals surface area contributed by atoms with E-state index in [4.69, 9.17) is 10.2 Å². The first-order valence-corrected chi connectivity index (χ1v) is 3.54. The normalized spacial score (nSPS) is 9.71. The number of aromatic hydroxyl groups is 1. The molecule has 0 aliphatic heterocycles. The van der Waals surface area contributed by atoms with Crippen LogP contribution in [-0.4, -0.2) is 26.1 Å². The van der Waals surface area contributed by atoms with Crippen LogP contribution in [0.1, 0.15) is 5.56 Å². The van der Waals surface area contributed by atoms with Crippen LogP contribution in [-0.2, 0) is 11.2 Å². The Kier molecular flexibility index (Phi) is 2.61. The Hall–Kier alpha value is -2.18. The molecule has 74 valence electrons. The third-order valence-corrected chi connectivity index (χ3v) is 1.50. The second kappa shape index (κ2) is 3.69. The summed E-state index contributed by atoms with van der Waals surface area (Å²) in [5.41, 5.74) is -0.732. The SMILES string of the molecule is O=C(O)Cc1cncc(O)c1[N+](=O)[O-]. The van der Waals surface area contributed by atoms with Crippen molar-refractivity contribution in [3.63, 3.8) is 0 Å². The first kappa shape index (κ1) is 9.90. The lowest BCUT2D eigenvalue weighted by Crippen LogP contribution is -2.04. The molecule has 0 spiro atoms. The van der Waals surface area contributed by atoms with Gasteiger partial charge in [-0.2, -0.15) is 0 Å². The Labute approximate surface area is 77.8 Å². The van der Waals surface area contributed by atoms with Gasteiger partial charge >= 0.3 is 11.7 Å². The average Bonchev–Trinajstić information content (AvgIpc) is 2.01. The van der Waals surface area contributed by atoms with Gasteiger partial charge in [-0.25, -0.2) is 0 Å². The van der Waals surface area contributed by atoms with Crippen molar-refractivity contribution in [2.45, 2.75) is 6.42 Å². The second-order valence-electron chi connectivity index (χ2n) is 2.49. The van der Waals surface area contributed by atoms with E-state index in [1.165, 1.54) is 0 Å². The third-order valence-electron chi connectivity index (χ3n) is 1.50. The van der Waals surface area contributed by atoms with Gasteiger partial charge < -0.3 is 10.2 Å². The highest BCUT2D eigenvalue weighted by atomic mass is 16.6. The molecular weight excluding hydrogens is 192 g/mol. The molecule has 0 bridgehead atoms. The monoisotopic (exact) mass is 198 g/mol. The maximum Gasteiger partial charge on any atom is 0.317 e. The number of aromatic nitrogens is 1. The van der Waals surface area contributed by atoms with E-state index in [1.54, 1.807) is 0 Å². The van der Waals surface area contributed by atoms with Gasteiger partial charge in [-0.3, -0.25) is 19.9 Å². The molecule has 0 unspecified atom stereocenters. The van der Waals surface area contributed by atoms with Crippen molar-refractivity contribution in [1.29, 1.82) is 0 Å². The Morgan fingerprint density at radius 2 is 2.21 bits per heavy atom. The smallest absolute Gasteiger partial charge is 0.317 e. The van der Waals surface area contributed by atoms with Gasteiger partial charge in [0.25, 0.3) is 0 Å². The van der Waals surface area contributed by atoms with Gasteiger partial charge in [0.1, 0.15) is 0 Å². The second-order valence-corrected chi connectivity index (χ2v) is 2.49. The minimum atomic E-state index is -1.22. The van der Waals surface area contributed by atoms with Gasteiger partial charge in [0.15, 0.2) is 0 Å². The standard InChI is InChI=1S/C7H6N2O5/c10-5-3-8-2-4(1-6(11)12)7(5)9(13)14/h2-3,10H,1H2,(H,11,12). The Morgan fingerprint density at radius 1 is 1.57 bits per heavy atom. The van der Waals surface area contributed by atoms with Gasteiger partial charge in [-0.1, -0.05) is 0 Å². The highest BCUT2D eigenvalue weighted by molar-refractivity contribution is 5.72. The van der Waals surface area contributed by atoms with Crippen LogP contribution in [0.4, 0.5) is 5.69 Å². The minimum Gasteiger partial charge on any atom is -0.501 e. The summed E-state index contributed by atoms with van der Waals surface area (Å²) in [5, 5.41) is 28.0. The van der Waals surface area contributed by atoms with Crippen molar-refractivity contribution in [2.24, 2.45) is 0 Å². The summed E-state index contributed by atoms with van der Waals surface area (Å²) in [4.78, 5) is 23.4. The zero-order chi connectivity index (χ0) is 10.7. The van der Waals surface area contributed by atoms with E-state index in [2.05, 4.69) is 4.98 Å². The fraction of sp³-hybridized carbons (Fsp3) is 0.143. The van der Waals surface area contributed by atoms with E-state index in [0.717, 1.165) is 12.4 Å². The molecule has 2 N–H and O–H groups in total. The van der Waals surface area contributed by atoms with E-state index >= 15 is 0 Å². The predicted octanol–water partition coefficient (Wildman–Crippen LogP) is 0.323. The van der Waals surface area contributed by atoms with E-state index in [9.17, 15) is 14.9 Å². The van der Waals surface area contributed by atoms with Crippen LogP contribution in [0.25, 0.3) is 0 Å². The minimum absolute atomic E-state index is 0.123. The number of carboxylic acids is 1. The number of carboxylic acid groups (broad SMARTS) is 1. The Bertz CT molecular complexity index is 390. The molecule has 0 fully saturated rings. The van der Waals surface area contributed by atoms with Crippen LogP contribution in [0.3, 0.4) is 0 Å². The third kappa shape index (κ3) is 1.94. The van der Waals surface area contributed by atoms with Crippen molar-refractivity contribution < 1.29 is 19.9 Å². The molecule has 0 aliphatic rings.